The Balaban J connectivity index is 0.00000225. The van der Waals surface area contributed by atoms with Crippen molar-refractivity contribution in [1.82, 2.24) is 0 Å². The molecule has 0 bridgehead atoms. The van der Waals surface area contributed by atoms with Crippen LogP contribution in [0.25, 0.3) is 0 Å². The second-order valence-corrected chi connectivity index (χ2v) is 3.67. The number of hydrogen-bond donors (Lipinski definition) is 2. The lowest BCUT2D eigenvalue weighted by molar-refractivity contribution is -0.117. The number of benzene rings is 1. The van der Waals surface area contributed by atoms with Crippen LogP contribution in [0.3, 0.4) is 0 Å². The van der Waals surface area contributed by atoms with Crippen molar-refractivity contribution >= 4 is 24.0 Å². The van der Waals surface area contributed by atoms with Gasteiger partial charge < -0.3 is 15.7 Å². The molecule has 5 heteroatoms. The number of amides is 1. The van der Waals surface area contributed by atoms with Gasteiger partial charge in [-0.1, -0.05) is 6.07 Å². The van der Waals surface area contributed by atoms with Gasteiger partial charge >= 0.3 is 0 Å². The Morgan fingerprint density at radius 3 is 2.56 bits per heavy atom. The maximum Gasteiger partial charge on any atom is 0.217 e. The molecule has 1 rings (SSSR count). The highest BCUT2D eigenvalue weighted by Crippen LogP contribution is 2.24. The van der Waals surface area contributed by atoms with Gasteiger partial charge in [0.2, 0.25) is 5.91 Å². The minimum atomic E-state index is -0.312. The molecule has 0 aliphatic rings. The summed E-state index contributed by atoms with van der Waals surface area (Å²) in [6, 6.07) is 5.10. The highest BCUT2D eigenvalue weighted by atomic mass is 35.5. The molecule has 1 aromatic rings. The van der Waals surface area contributed by atoms with E-state index in [1.54, 1.807) is 12.1 Å². The third-order valence-electron chi connectivity index (χ3n) is 2.19. The fraction of sp³-hybridized carbons (Fsp3) is 0.364. The van der Waals surface area contributed by atoms with Crippen LogP contribution >= 0.6 is 12.4 Å². The number of primary amides is 1. The maximum atomic E-state index is 10.7. The normalized spacial score (nSPS) is 9.38. The molecule has 0 unspecified atom stereocenters. The number of carbonyl (C=O) groups excluding carboxylic acids is 1. The average molecular weight is 245 g/mol. The number of aromatic hydroxyl groups is 1. The quantitative estimate of drug-likeness (QED) is 0.839. The van der Waals surface area contributed by atoms with Crippen molar-refractivity contribution in [3.8, 4) is 5.75 Å². The number of rotatable bonds is 4. The molecule has 0 spiro atoms. The summed E-state index contributed by atoms with van der Waals surface area (Å²) in [5, 5.41) is 9.35. The Hall–Kier alpha value is -1.42. The van der Waals surface area contributed by atoms with Gasteiger partial charge in [0.15, 0.2) is 0 Å². The second kappa shape index (κ2) is 6.23. The monoisotopic (exact) mass is 244 g/mol. The van der Waals surface area contributed by atoms with Gasteiger partial charge in [-0.3, -0.25) is 4.79 Å². The predicted octanol–water partition coefficient (Wildman–Crippen LogP) is 1.30. The third-order valence-corrected chi connectivity index (χ3v) is 2.19. The first-order valence-corrected chi connectivity index (χ1v) is 4.78. The van der Waals surface area contributed by atoms with Crippen LogP contribution in [0.15, 0.2) is 18.2 Å². The molecule has 0 atom stereocenters. The summed E-state index contributed by atoms with van der Waals surface area (Å²) in [7, 11) is 3.78. The molecule has 3 N–H and O–H groups in total. The van der Waals surface area contributed by atoms with Gasteiger partial charge in [-0.15, -0.1) is 12.4 Å². The molecule has 4 nitrogen and oxygen atoms in total. The third kappa shape index (κ3) is 3.98. The minimum Gasteiger partial charge on any atom is -0.508 e. The molecule has 0 fully saturated rings. The van der Waals surface area contributed by atoms with Crippen LogP contribution in [-0.4, -0.2) is 25.1 Å². The van der Waals surface area contributed by atoms with Gasteiger partial charge in [0.05, 0.1) is 0 Å². The van der Waals surface area contributed by atoms with Crippen molar-refractivity contribution < 1.29 is 9.90 Å². The fourth-order valence-electron chi connectivity index (χ4n) is 1.44. The van der Waals surface area contributed by atoms with Crippen LogP contribution in [0.2, 0.25) is 0 Å². The van der Waals surface area contributed by atoms with E-state index in [0.717, 1.165) is 11.3 Å². The zero-order valence-electron chi connectivity index (χ0n) is 9.43. The summed E-state index contributed by atoms with van der Waals surface area (Å²) in [5.41, 5.74) is 7.02. The fourth-order valence-corrected chi connectivity index (χ4v) is 1.44. The molecule has 0 saturated heterocycles. The number of carbonyl (C=O) groups is 1. The second-order valence-electron chi connectivity index (χ2n) is 3.67. The van der Waals surface area contributed by atoms with Crippen LogP contribution in [0.5, 0.6) is 5.75 Å². The van der Waals surface area contributed by atoms with Gasteiger partial charge in [0.1, 0.15) is 5.75 Å². The van der Waals surface area contributed by atoms with Crippen LogP contribution in [-0.2, 0) is 11.2 Å². The van der Waals surface area contributed by atoms with Gasteiger partial charge in [-0.05, 0) is 18.1 Å². The summed E-state index contributed by atoms with van der Waals surface area (Å²) in [6.45, 7) is 0. The number of phenolic OH excluding ortho intramolecular Hbond substituents is 1. The molecule has 0 aliphatic heterocycles. The number of hydrogen-bond acceptors (Lipinski definition) is 3. The Labute approximate surface area is 101 Å². The van der Waals surface area contributed by atoms with Crippen LogP contribution < -0.4 is 10.6 Å². The van der Waals surface area contributed by atoms with Crippen LogP contribution in [0.4, 0.5) is 5.69 Å². The van der Waals surface area contributed by atoms with Gasteiger partial charge in [-0.25, -0.2) is 0 Å². The van der Waals surface area contributed by atoms with Crippen molar-refractivity contribution in [2.75, 3.05) is 19.0 Å². The predicted molar refractivity (Wildman–Crippen MR) is 67.2 cm³/mol. The number of nitrogens with zero attached hydrogens (tertiary/aromatic N) is 1. The Morgan fingerprint density at radius 1 is 1.44 bits per heavy atom. The standard InChI is InChI=1S/C11H16N2O2.ClH/c1-13(2)10-7-9(14)5-3-8(10)4-6-11(12)15;/h3,5,7,14H,4,6H2,1-2H3,(H2,12,15);1H. The molecular formula is C11H17ClN2O2. The largest absolute Gasteiger partial charge is 0.508 e. The topological polar surface area (TPSA) is 66.6 Å². The molecule has 0 aromatic heterocycles. The summed E-state index contributed by atoms with van der Waals surface area (Å²) in [5.74, 6) is -0.0886. The molecule has 1 amide bonds. The summed E-state index contributed by atoms with van der Waals surface area (Å²) in [6.07, 6.45) is 0.925. The van der Waals surface area contributed by atoms with Gasteiger partial charge in [0, 0.05) is 32.3 Å². The lowest BCUT2D eigenvalue weighted by Crippen LogP contribution is -2.14. The number of phenols is 1. The van der Waals surface area contributed by atoms with E-state index in [-0.39, 0.29) is 24.1 Å². The molecule has 1 aromatic carbocycles. The Kier molecular flexibility index (Phi) is 5.67. The highest BCUT2D eigenvalue weighted by molar-refractivity contribution is 5.85. The first-order chi connectivity index (χ1) is 7.00. The van der Waals surface area contributed by atoms with Crippen molar-refractivity contribution in [3.05, 3.63) is 23.8 Å². The first kappa shape index (κ1) is 14.6. The molecule has 0 radical (unpaired) electrons. The van der Waals surface area contributed by atoms with E-state index >= 15 is 0 Å². The average Bonchev–Trinajstić information content (AvgIpc) is 2.15. The number of halogens is 1. The van der Waals surface area contributed by atoms with E-state index in [1.165, 1.54) is 0 Å². The van der Waals surface area contributed by atoms with E-state index in [0.29, 0.717) is 12.8 Å². The van der Waals surface area contributed by atoms with Crippen molar-refractivity contribution in [2.24, 2.45) is 5.73 Å². The number of aryl methyl sites for hydroxylation is 1. The molecule has 0 heterocycles. The number of nitrogens with two attached hydrogens (primary N) is 1. The van der Waals surface area contributed by atoms with E-state index in [2.05, 4.69) is 0 Å². The zero-order valence-corrected chi connectivity index (χ0v) is 10.3. The van der Waals surface area contributed by atoms with E-state index in [9.17, 15) is 9.90 Å². The maximum absolute atomic E-state index is 10.7. The van der Waals surface area contributed by atoms with E-state index in [1.807, 2.05) is 25.1 Å². The lowest BCUT2D eigenvalue weighted by atomic mass is 10.1. The van der Waals surface area contributed by atoms with E-state index in [4.69, 9.17) is 5.73 Å². The molecule has 16 heavy (non-hydrogen) atoms. The molecule has 90 valence electrons. The number of anilines is 1. The molecular weight excluding hydrogens is 228 g/mol. The Bertz CT molecular complexity index is 367. The Morgan fingerprint density at radius 2 is 2.06 bits per heavy atom. The molecule has 0 aliphatic carbocycles. The van der Waals surface area contributed by atoms with E-state index < -0.39 is 0 Å². The zero-order chi connectivity index (χ0) is 11.4. The van der Waals surface area contributed by atoms with Gasteiger partial charge in [0.25, 0.3) is 0 Å². The summed E-state index contributed by atoms with van der Waals surface area (Å²) >= 11 is 0. The summed E-state index contributed by atoms with van der Waals surface area (Å²) < 4.78 is 0. The lowest BCUT2D eigenvalue weighted by Gasteiger charge is -2.17. The van der Waals surface area contributed by atoms with Crippen molar-refractivity contribution in [3.63, 3.8) is 0 Å². The highest BCUT2D eigenvalue weighted by Gasteiger charge is 2.06. The SMILES string of the molecule is CN(C)c1cc(O)ccc1CCC(N)=O.Cl. The smallest absolute Gasteiger partial charge is 0.217 e. The van der Waals surface area contributed by atoms with Crippen molar-refractivity contribution in [2.45, 2.75) is 12.8 Å². The summed E-state index contributed by atoms with van der Waals surface area (Å²) in [4.78, 5) is 12.6. The minimum absolute atomic E-state index is 0. The van der Waals surface area contributed by atoms with Crippen molar-refractivity contribution in [1.29, 1.82) is 0 Å². The van der Waals surface area contributed by atoms with Crippen LogP contribution in [0.1, 0.15) is 12.0 Å². The van der Waals surface area contributed by atoms with Gasteiger partial charge in [-0.2, -0.15) is 0 Å². The molecule has 0 saturated carbocycles. The van der Waals surface area contributed by atoms with Crippen LogP contribution in [0, 0.1) is 0 Å². The first-order valence-electron chi connectivity index (χ1n) is 4.78.